The zero-order chi connectivity index (χ0) is 22.6. The van der Waals surface area contributed by atoms with Crippen molar-refractivity contribution in [2.24, 2.45) is 0 Å². The van der Waals surface area contributed by atoms with E-state index in [1.165, 1.54) is 12.2 Å². The van der Waals surface area contributed by atoms with Crippen LogP contribution in [-0.2, 0) is 19.2 Å². The average molecular weight is 452 g/mol. The second kappa shape index (κ2) is 9.22. The molecule has 14 heteroatoms. The second-order valence-corrected chi connectivity index (χ2v) is 7.30. The SMILES string of the molecule is CCCC(CSC(=O)C(F)(F)F)(NC(=O)C(F)(F)F)C(=O)N1CCC[C@H]1C(=O)O. The third-order valence-corrected chi connectivity index (χ3v) is 5.31. The number of carboxylic acid groups (broad SMARTS) is 1. The van der Waals surface area contributed by atoms with E-state index in [1.54, 1.807) is 0 Å². The molecule has 0 aliphatic carbocycles. The molecule has 1 fully saturated rings. The number of aliphatic carboxylic acids is 1. The van der Waals surface area contributed by atoms with Crippen LogP contribution in [0.15, 0.2) is 0 Å². The molecule has 0 spiro atoms. The number of hydrogen-bond acceptors (Lipinski definition) is 5. The van der Waals surface area contributed by atoms with Gasteiger partial charge in [0.15, 0.2) is 0 Å². The van der Waals surface area contributed by atoms with Gasteiger partial charge in [0, 0.05) is 12.3 Å². The van der Waals surface area contributed by atoms with Gasteiger partial charge in [-0.15, -0.1) is 0 Å². The van der Waals surface area contributed by atoms with Crippen molar-refractivity contribution in [1.29, 1.82) is 0 Å². The Hall–Kier alpha value is -1.99. The third kappa shape index (κ3) is 6.24. The molecule has 166 valence electrons. The van der Waals surface area contributed by atoms with Crippen molar-refractivity contribution in [1.82, 2.24) is 10.2 Å². The molecule has 0 aromatic carbocycles. The smallest absolute Gasteiger partial charge is 0.471 e. The van der Waals surface area contributed by atoms with Crippen molar-refractivity contribution in [2.45, 2.75) is 56.5 Å². The standard InChI is InChI=1S/C15H18F6N2O5S/c1-2-5-13(22-10(26)14(16,17)18,7-29-12(28)15(19,20)21)11(27)23-6-3-4-8(23)9(24)25/h8H,2-7H2,1H3,(H,22,26)(H,24,25)/t8-,13?/m0/s1. The molecule has 1 aliphatic heterocycles. The number of carbonyl (C=O) groups is 4. The van der Waals surface area contributed by atoms with Crippen molar-refractivity contribution < 1.29 is 50.6 Å². The molecule has 2 N–H and O–H groups in total. The van der Waals surface area contributed by atoms with Gasteiger partial charge in [0.05, 0.1) is 0 Å². The lowest BCUT2D eigenvalue weighted by Gasteiger charge is -2.37. The predicted octanol–water partition coefficient (Wildman–Crippen LogP) is 2.10. The highest BCUT2D eigenvalue weighted by Gasteiger charge is 2.52. The normalized spacial score (nSPS) is 19.6. The Bertz CT molecular complexity index is 669. The number of likely N-dealkylation sites (tertiary alicyclic amines) is 1. The zero-order valence-corrected chi connectivity index (χ0v) is 15.8. The van der Waals surface area contributed by atoms with Gasteiger partial charge in [-0.05, 0) is 19.3 Å². The maximum absolute atomic E-state index is 13.0. The van der Waals surface area contributed by atoms with E-state index in [0.717, 1.165) is 0 Å². The zero-order valence-electron chi connectivity index (χ0n) is 15.0. The molecule has 0 aromatic heterocycles. The van der Waals surface area contributed by atoms with Crippen LogP contribution in [0.3, 0.4) is 0 Å². The summed E-state index contributed by atoms with van der Waals surface area (Å²) in [6.07, 6.45) is -11.1. The summed E-state index contributed by atoms with van der Waals surface area (Å²) in [5.74, 6) is -6.43. The minimum atomic E-state index is -5.45. The molecule has 1 saturated heterocycles. The van der Waals surface area contributed by atoms with Gasteiger partial charge in [-0.25, -0.2) is 4.79 Å². The lowest BCUT2D eigenvalue weighted by molar-refractivity contribution is -0.177. The minimum absolute atomic E-state index is 0.00881. The van der Waals surface area contributed by atoms with Crippen LogP contribution in [0.1, 0.15) is 32.6 Å². The molecule has 2 atom stereocenters. The number of alkyl halides is 6. The molecule has 7 nitrogen and oxygen atoms in total. The van der Waals surface area contributed by atoms with E-state index in [2.05, 4.69) is 0 Å². The van der Waals surface area contributed by atoms with Gasteiger partial charge in [-0.2, -0.15) is 26.3 Å². The van der Waals surface area contributed by atoms with Crippen LogP contribution in [0.4, 0.5) is 26.3 Å². The van der Waals surface area contributed by atoms with E-state index in [9.17, 15) is 50.6 Å². The Labute approximate surface area is 165 Å². The Balaban J connectivity index is 3.31. The fraction of sp³-hybridized carbons (Fsp3) is 0.733. The Morgan fingerprint density at radius 2 is 1.69 bits per heavy atom. The van der Waals surface area contributed by atoms with Crippen molar-refractivity contribution in [3.63, 3.8) is 0 Å². The fourth-order valence-electron chi connectivity index (χ4n) is 2.92. The van der Waals surface area contributed by atoms with E-state index in [4.69, 9.17) is 0 Å². The van der Waals surface area contributed by atoms with E-state index in [-0.39, 0.29) is 25.8 Å². The van der Waals surface area contributed by atoms with Crippen molar-refractivity contribution in [3.05, 3.63) is 0 Å². The Morgan fingerprint density at radius 1 is 1.10 bits per heavy atom. The third-order valence-electron chi connectivity index (χ3n) is 4.18. The van der Waals surface area contributed by atoms with Crippen molar-refractivity contribution in [3.8, 4) is 0 Å². The summed E-state index contributed by atoms with van der Waals surface area (Å²) in [6.45, 7) is 1.23. The summed E-state index contributed by atoms with van der Waals surface area (Å²) in [5.41, 5.74) is -2.54. The van der Waals surface area contributed by atoms with Gasteiger partial charge in [0.25, 0.3) is 5.12 Å². The number of amides is 2. The molecule has 0 bridgehead atoms. The number of hydrogen-bond donors (Lipinski definition) is 2. The number of carboxylic acids is 1. The van der Waals surface area contributed by atoms with Gasteiger partial charge in [-0.1, -0.05) is 25.1 Å². The van der Waals surface area contributed by atoms with Crippen LogP contribution in [0.25, 0.3) is 0 Å². The highest BCUT2D eigenvalue weighted by Crippen LogP contribution is 2.32. The molecule has 0 saturated carbocycles. The van der Waals surface area contributed by atoms with Crippen LogP contribution >= 0.6 is 11.8 Å². The summed E-state index contributed by atoms with van der Waals surface area (Å²) < 4.78 is 75.9. The predicted molar refractivity (Wildman–Crippen MR) is 87.7 cm³/mol. The van der Waals surface area contributed by atoms with Gasteiger partial charge < -0.3 is 15.3 Å². The first-order valence-electron chi connectivity index (χ1n) is 8.33. The maximum Gasteiger partial charge on any atom is 0.471 e. The average Bonchev–Trinajstić information content (AvgIpc) is 3.06. The lowest BCUT2D eigenvalue weighted by atomic mass is 9.93. The first kappa shape index (κ1) is 25.0. The number of nitrogens with one attached hydrogen (secondary N) is 1. The van der Waals surface area contributed by atoms with Crippen LogP contribution < -0.4 is 5.32 Å². The maximum atomic E-state index is 13.0. The highest BCUT2D eigenvalue weighted by molar-refractivity contribution is 8.13. The number of nitrogens with zero attached hydrogens (tertiary/aromatic N) is 1. The van der Waals surface area contributed by atoms with Gasteiger partial charge in [0.2, 0.25) is 5.91 Å². The monoisotopic (exact) mass is 452 g/mol. The molecular weight excluding hydrogens is 434 g/mol. The van der Waals surface area contributed by atoms with Crippen LogP contribution in [-0.4, -0.2) is 69.1 Å². The molecule has 1 heterocycles. The van der Waals surface area contributed by atoms with Crippen LogP contribution in [0.2, 0.25) is 0 Å². The van der Waals surface area contributed by atoms with Crippen molar-refractivity contribution in [2.75, 3.05) is 12.3 Å². The molecule has 29 heavy (non-hydrogen) atoms. The molecule has 0 radical (unpaired) electrons. The topological polar surface area (TPSA) is 104 Å². The fourth-order valence-corrected chi connectivity index (χ4v) is 3.80. The number of rotatable bonds is 7. The number of carbonyl (C=O) groups excluding carboxylic acids is 3. The first-order valence-corrected chi connectivity index (χ1v) is 9.31. The molecular formula is C15H18F6N2O5S. The van der Waals surface area contributed by atoms with E-state index >= 15 is 0 Å². The lowest BCUT2D eigenvalue weighted by Crippen LogP contribution is -2.64. The van der Waals surface area contributed by atoms with Gasteiger partial charge >= 0.3 is 24.2 Å². The van der Waals surface area contributed by atoms with Crippen LogP contribution in [0.5, 0.6) is 0 Å². The molecule has 1 aliphatic rings. The van der Waals surface area contributed by atoms with E-state index < -0.39 is 70.8 Å². The largest absolute Gasteiger partial charge is 0.480 e. The van der Waals surface area contributed by atoms with Gasteiger partial charge in [0.1, 0.15) is 11.6 Å². The summed E-state index contributed by atoms with van der Waals surface area (Å²) in [5, 5.41) is 8.26. The quantitative estimate of drug-likeness (QED) is 0.574. The number of halogens is 6. The van der Waals surface area contributed by atoms with E-state index in [1.807, 2.05) is 0 Å². The van der Waals surface area contributed by atoms with Crippen LogP contribution in [0, 0.1) is 0 Å². The molecule has 1 rings (SSSR count). The molecule has 0 aromatic rings. The molecule has 1 unspecified atom stereocenters. The van der Waals surface area contributed by atoms with E-state index in [0.29, 0.717) is 4.90 Å². The summed E-state index contributed by atoms with van der Waals surface area (Å²) in [7, 11) is 0. The highest BCUT2D eigenvalue weighted by atomic mass is 32.2. The minimum Gasteiger partial charge on any atom is -0.480 e. The second-order valence-electron chi connectivity index (χ2n) is 6.35. The van der Waals surface area contributed by atoms with Crippen molar-refractivity contribution >= 4 is 34.7 Å². The Morgan fingerprint density at radius 3 is 2.14 bits per heavy atom. The molecule has 2 amide bonds. The summed E-state index contributed by atoms with van der Waals surface area (Å²) in [4.78, 5) is 47.7. The Kier molecular flexibility index (Phi) is 7.96. The first-order chi connectivity index (χ1) is 13.2. The summed E-state index contributed by atoms with van der Waals surface area (Å²) >= 11 is -0.461. The summed E-state index contributed by atoms with van der Waals surface area (Å²) in [6, 6.07) is -1.40. The number of thioether (sulfide) groups is 1. The van der Waals surface area contributed by atoms with Gasteiger partial charge in [-0.3, -0.25) is 14.4 Å².